The Morgan fingerprint density at radius 3 is 1.33 bits per heavy atom. The maximum Gasteiger partial charge on any atom is 0.220 e. The predicted octanol–water partition coefficient (Wildman–Crippen LogP) is 14.1. The summed E-state index contributed by atoms with van der Waals surface area (Å²) in [5.74, 6) is -0.178. The molecule has 0 aromatic heterocycles. The lowest BCUT2D eigenvalue weighted by Gasteiger charge is -2.40. The van der Waals surface area contributed by atoms with E-state index < -0.39 is 49.5 Å². The van der Waals surface area contributed by atoms with Crippen LogP contribution < -0.4 is 5.32 Å². The van der Waals surface area contributed by atoms with Crippen LogP contribution in [0, 0.1) is 0 Å². The molecule has 0 aromatic carbocycles. The number of unbranched alkanes of at least 4 members (excludes halogenated alkanes) is 28. The summed E-state index contributed by atoms with van der Waals surface area (Å²) >= 11 is 0. The summed E-state index contributed by atoms with van der Waals surface area (Å²) in [5, 5.41) is 54.4. The highest BCUT2D eigenvalue weighted by atomic mass is 16.7. The fourth-order valence-corrected chi connectivity index (χ4v) is 8.77. The smallest absolute Gasteiger partial charge is 0.220 e. The van der Waals surface area contributed by atoms with Gasteiger partial charge in [0.2, 0.25) is 5.91 Å². The minimum absolute atomic E-state index is 0.178. The molecular formula is C60H107NO8. The Kier molecular flexibility index (Phi) is 46.1. The van der Waals surface area contributed by atoms with E-state index in [1.165, 1.54) is 154 Å². The summed E-state index contributed by atoms with van der Waals surface area (Å²) in [7, 11) is 0. The maximum absolute atomic E-state index is 13.0. The average Bonchev–Trinajstić information content (AvgIpc) is 3.35. The number of hydrogen-bond acceptors (Lipinski definition) is 8. The van der Waals surface area contributed by atoms with Crippen molar-refractivity contribution in [3.05, 3.63) is 72.9 Å². The monoisotopic (exact) mass is 970 g/mol. The number of aliphatic hydroxyl groups is 5. The van der Waals surface area contributed by atoms with Crippen molar-refractivity contribution in [2.24, 2.45) is 0 Å². The quantitative estimate of drug-likeness (QED) is 0.0261. The molecule has 7 unspecified atom stereocenters. The van der Waals surface area contributed by atoms with Crippen molar-refractivity contribution in [1.29, 1.82) is 0 Å². The summed E-state index contributed by atoms with van der Waals surface area (Å²) < 4.78 is 11.2. The lowest BCUT2D eigenvalue weighted by molar-refractivity contribution is -0.302. The van der Waals surface area contributed by atoms with Crippen LogP contribution in [0.2, 0.25) is 0 Å². The fourth-order valence-electron chi connectivity index (χ4n) is 8.77. The predicted molar refractivity (Wildman–Crippen MR) is 290 cm³/mol. The zero-order valence-electron chi connectivity index (χ0n) is 44.3. The molecule has 400 valence electrons. The molecule has 1 fully saturated rings. The summed E-state index contributed by atoms with van der Waals surface area (Å²) in [4.78, 5) is 13.0. The Morgan fingerprint density at radius 1 is 0.507 bits per heavy atom. The Bertz CT molecular complexity index is 1310. The maximum atomic E-state index is 13.0. The summed E-state index contributed by atoms with van der Waals surface area (Å²) in [6.45, 7) is 3.66. The third-order valence-corrected chi connectivity index (χ3v) is 13.3. The third-order valence-electron chi connectivity index (χ3n) is 13.3. The van der Waals surface area contributed by atoms with Gasteiger partial charge >= 0.3 is 0 Å². The van der Waals surface area contributed by atoms with E-state index in [-0.39, 0.29) is 12.5 Å². The van der Waals surface area contributed by atoms with Crippen molar-refractivity contribution < 1.29 is 39.8 Å². The molecule has 1 amide bonds. The molecule has 1 rings (SSSR count). The number of carbonyl (C=O) groups is 1. The second-order valence-electron chi connectivity index (χ2n) is 19.7. The second kappa shape index (κ2) is 49.2. The van der Waals surface area contributed by atoms with Gasteiger partial charge in [0, 0.05) is 6.42 Å². The van der Waals surface area contributed by atoms with Crippen LogP contribution in [0.15, 0.2) is 72.9 Å². The minimum atomic E-state index is -1.57. The summed E-state index contributed by atoms with van der Waals surface area (Å²) in [6.07, 6.45) is 61.2. The first-order valence-corrected chi connectivity index (χ1v) is 28.7. The van der Waals surface area contributed by atoms with Crippen LogP contribution >= 0.6 is 0 Å². The van der Waals surface area contributed by atoms with Gasteiger partial charge in [0.05, 0.1) is 25.4 Å². The molecule has 0 radical (unpaired) electrons. The molecule has 0 bridgehead atoms. The number of ether oxygens (including phenoxy) is 2. The third kappa shape index (κ3) is 38.9. The molecule has 0 spiro atoms. The molecule has 9 nitrogen and oxygen atoms in total. The molecule has 0 aromatic rings. The molecule has 1 heterocycles. The van der Waals surface area contributed by atoms with E-state index in [1.807, 2.05) is 6.08 Å². The van der Waals surface area contributed by atoms with Crippen molar-refractivity contribution in [3.63, 3.8) is 0 Å². The summed E-state index contributed by atoms with van der Waals surface area (Å²) in [5.41, 5.74) is 0. The first kappa shape index (κ1) is 64.6. The van der Waals surface area contributed by atoms with Crippen LogP contribution in [-0.4, -0.2) is 87.5 Å². The number of nitrogens with one attached hydrogen (secondary N) is 1. The highest BCUT2D eigenvalue weighted by molar-refractivity contribution is 5.76. The van der Waals surface area contributed by atoms with Crippen LogP contribution in [0.3, 0.4) is 0 Å². The van der Waals surface area contributed by atoms with Gasteiger partial charge in [-0.25, -0.2) is 0 Å². The Balaban J connectivity index is 2.13. The SMILES string of the molecule is CC/C=C\C/C=C\C/C=C\C/C=C\C/C=C\CCCCCCCCCCCCCCCCCCCC(=O)NC(COC1OC(CO)C(O)C(O)C1O)C(O)/C=C/CCCCCCCCCCCCC. The lowest BCUT2D eigenvalue weighted by Crippen LogP contribution is -2.60. The van der Waals surface area contributed by atoms with Crippen LogP contribution in [0.5, 0.6) is 0 Å². The lowest BCUT2D eigenvalue weighted by atomic mass is 9.99. The van der Waals surface area contributed by atoms with E-state index in [2.05, 4.69) is 79.9 Å². The van der Waals surface area contributed by atoms with Crippen molar-refractivity contribution in [3.8, 4) is 0 Å². The number of amides is 1. The van der Waals surface area contributed by atoms with E-state index in [4.69, 9.17) is 9.47 Å². The molecular weight excluding hydrogens is 863 g/mol. The largest absolute Gasteiger partial charge is 0.394 e. The number of allylic oxidation sites excluding steroid dienone is 11. The fraction of sp³-hybridized carbons (Fsp3) is 0.783. The molecule has 1 saturated heterocycles. The van der Waals surface area contributed by atoms with Crippen LogP contribution in [-0.2, 0) is 14.3 Å². The van der Waals surface area contributed by atoms with Gasteiger partial charge in [0.1, 0.15) is 24.4 Å². The molecule has 7 atom stereocenters. The van der Waals surface area contributed by atoms with E-state index in [0.717, 1.165) is 70.6 Å². The Morgan fingerprint density at radius 2 is 0.899 bits per heavy atom. The van der Waals surface area contributed by atoms with Crippen LogP contribution in [0.4, 0.5) is 0 Å². The number of rotatable bonds is 48. The average molecular weight is 971 g/mol. The van der Waals surface area contributed by atoms with Crippen LogP contribution in [0.1, 0.15) is 245 Å². The zero-order chi connectivity index (χ0) is 50.1. The normalized spacial score (nSPS) is 20.0. The highest BCUT2D eigenvalue weighted by Gasteiger charge is 2.44. The van der Waals surface area contributed by atoms with E-state index in [9.17, 15) is 30.3 Å². The van der Waals surface area contributed by atoms with Gasteiger partial charge in [-0.3, -0.25) is 4.79 Å². The van der Waals surface area contributed by atoms with E-state index in [0.29, 0.717) is 6.42 Å². The highest BCUT2D eigenvalue weighted by Crippen LogP contribution is 2.23. The second-order valence-corrected chi connectivity index (χ2v) is 19.7. The Labute approximate surface area is 423 Å². The standard InChI is InChI=1S/C60H107NO8/c1-3-5-7-9-11-13-15-17-18-19-20-21-22-23-24-25-26-27-28-29-30-31-32-33-34-35-36-38-40-42-44-46-48-50-56(64)61-53(52-68-60-59(67)58(66)57(65)55(51-62)69-60)54(63)49-47-45-43-41-39-37-16-14-12-10-8-6-4-2/h5,7,11,13,17-18,20-21,23-24,47,49,53-55,57-60,62-63,65-67H,3-4,6,8-10,12,14-16,19,22,25-46,48,50-52H2,1-2H3,(H,61,64)/b7-5-,13-11-,18-17-,21-20-,24-23-,49-47+. The van der Waals surface area contributed by atoms with Gasteiger partial charge in [-0.15, -0.1) is 0 Å². The number of carbonyl (C=O) groups excluding carboxylic acids is 1. The van der Waals surface area contributed by atoms with Gasteiger partial charge < -0.3 is 40.3 Å². The summed E-state index contributed by atoms with van der Waals surface area (Å²) in [6, 6.07) is -0.806. The van der Waals surface area contributed by atoms with Gasteiger partial charge in [0.25, 0.3) is 0 Å². The van der Waals surface area contributed by atoms with Gasteiger partial charge in [-0.05, 0) is 64.2 Å². The molecule has 6 N–H and O–H groups in total. The molecule has 0 saturated carbocycles. The zero-order valence-corrected chi connectivity index (χ0v) is 44.3. The number of hydrogen-bond donors (Lipinski definition) is 6. The molecule has 1 aliphatic rings. The molecule has 1 aliphatic heterocycles. The van der Waals surface area contributed by atoms with Gasteiger partial charge in [-0.1, -0.05) is 247 Å². The van der Waals surface area contributed by atoms with Gasteiger partial charge in [0.15, 0.2) is 6.29 Å². The number of aliphatic hydroxyl groups excluding tert-OH is 5. The molecule has 9 heteroatoms. The van der Waals surface area contributed by atoms with Crippen molar-refractivity contribution in [1.82, 2.24) is 5.32 Å². The first-order valence-electron chi connectivity index (χ1n) is 28.7. The van der Waals surface area contributed by atoms with Crippen LogP contribution in [0.25, 0.3) is 0 Å². The topological polar surface area (TPSA) is 149 Å². The van der Waals surface area contributed by atoms with Crippen molar-refractivity contribution in [2.45, 2.75) is 288 Å². The van der Waals surface area contributed by atoms with Gasteiger partial charge in [-0.2, -0.15) is 0 Å². The minimum Gasteiger partial charge on any atom is -0.394 e. The van der Waals surface area contributed by atoms with Crippen molar-refractivity contribution in [2.75, 3.05) is 13.2 Å². The van der Waals surface area contributed by atoms with E-state index >= 15 is 0 Å². The van der Waals surface area contributed by atoms with Crippen molar-refractivity contribution >= 4 is 5.91 Å². The molecule has 69 heavy (non-hydrogen) atoms. The first-order chi connectivity index (χ1) is 33.8. The Hall–Kier alpha value is -2.37. The molecule has 0 aliphatic carbocycles. The van der Waals surface area contributed by atoms with E-state index in [1.54, 1.807) is 6.08 Å².